The minimum atomic E-state index is 0.643. The number of rotatable bonds is 2. The quantitative estimate of drug-likeness (QED) is 0.703. The first-order valence-corrected chi connectivity index (χ1v) is 5.53. The summed E-state index contributed by atoms with van der Waals surface area (Å²) in [7, 11) is 0. The highest BCUT2D eigenvalue weighted by Gasteiger charge is 2.08. The Balaban J connectivity index is 2.60. The van der Waals surface area contributed by atoms with Crippen molar-refractivity contribution in [2.24, 2.45) is 0 Å². The van der Waals surface area contributed by atoms with Crippen molar-refractivity contribution in [1.29, 1.82) is 0 Å². The van der Waals surface area contributed by atoms with Crippen LogP contribution in [0, 0.1) is 0 Å². The van der Waals surface area contributed by atoms with Gasteiger partial charge in [-0.2, -0.15) is 0 Å². The van der Waals surface area contributed by atoms with Crippen molar-refractivity contribution in [1.82, 2.24) is 4.98 Å². The topological polar surface area (TPSA) is 12.9 Å². The van der Waals surface area contributed by atoms with E-state index in [-0.39, 0.29) is 0 Å². The fraction of sp³-hybridized carbons (Fsp3) is 0.364. The van der Waals surface area contributed by atoms with Crippen LogP contribution in [0.5, 0.6) is 0 Å². The minimum Gasteiger partial charge on any atom is -0.255 e. The van der Waals surface area contributed by atoms with Gasteiger partial charge in [0, 0.05) is 6.20 Å². The molecular weight excluding hydrogens is 178 g/mol. The molecule has 2 rings (SSSR count). The number of hydrogen-bond donors (Lipinski definition) is 0. The first kappa shape index (κ1) is 8.70. The molecule has 0 bridgehead atoms. The zero-order valence-corrected chi connectivity index (χ0v) is 8.77. The molecule has 1 nitrogen and oxygen atoms in total. The standard InChI is InChI=1S/C11H13NS/c1-3-8(2)9-4-6-12-10-5-7-13-11(9)10/h4-8H,3H2,1-2H3. The predicted octanol–water partition coefficient (Wildman–Crippen LogP) is 3.81. The number of thiophene rings is 1. The van der Waals surface area contributed by atoms with Crippen LogP contribution >= 0.6 is 11.3 Å². The highest BCUT2D eigenvalue weighted by Crippen LogP contribution is 2.29. The highest BCUT2D eigenvalue weighted by molar-refractivity contribution is 7.17. The van der Waals surface area contributed by atoms with Crippen LogP contribution in [0.15, 0.2) is 23.7 Å². The first-order chi connectivity index (χ1) is 6.33. The summed E-state index contributed by atoms with van der Waals surface area (Å²) < 4.78 is 1.36. The molecule has 1 atom stereocenters. The molecule has 2 aromatic rings. The molecule has 1 unspecified atom stereocenters. The molecule has 0 spiro atoms. The zero-order chi connectivity index (χ0) is 9.26. The van der Waals surface area contributed by atoms with Gasteiger partial charge < -0.3 is 0 Å². The van der Waals surface area contributed by atoms with Gasteiger partial charge in [-0.05, 0) is 35.4 Å². The Bertz CT molecular complexity index is 405. The molecule has 2 heterocycles. The molecule has 0 aliphatic heterocycles. The van der Waals surface area contributed by atoms with Crippen LogP contribution in [0.4, 0.5) is 0 Å². The average molecular weight is 191 g/mol. The van der Waals surface area contributed by atoms with E-state index in [0.717, 1.165) is 5.52 Å². The van der Waals surface area contributed by atoms with E-state index < -0.39 is 0 Å². The van der Waals surface area contributed by atoms with Gasteiger partial charge in [-0.25, -0.2) is 0 Å². The molecule has 2 aromatic heterocycles. The summed E-state index contributed by atoms with van der Waals surface area (Å²) in [6.07, 6.45) is 3.10. The van der Waals surface area contributed by atoms with Gasteiger partial charge in [-0.3, -0.25) is 4.98 Å². The van der Waals surface area contributed by atoms with Gasteiger partial charge in [-0.1, -0.05) is 13.8 Å². The molecule has 0 amide bonds. The fourth-order valence-corrected chi connectivity index (χ4v) is 2.48. The maximum absolute atomic E-state index is 4.33. The number of fused-ring (bicyclic) bond motifs is 1. The van der Waals surface area contributed by atoms with E-state index in [4.69, 9.17) is 0 Å². The van der Waals surface area contributed by atoms with Crippen molar-refractivity contribution in [3.63, 3.8) is 0 Å². The summed E-state index contributed by atoms with van der Waals surface area (Å²) in [5.41, 5.74) is 2.59. The Morgan fingerprint density at radius 3 is 3.08 bits per heavy atom. The third kappa shape index (κ3) is 1.46. The largest absolute Gasteiger partial charge is 0.255 e. The van der Waals surface area contributed by atoms with Crippen LogP contribution in [0.2, 0.25) is 0 Å². The molecule has 0 aliphatic rings. The Morgan fingerprint density at radius 1 is 1.46 bits per heavy atom. The van der Waals surface area contributed by atoms with Crippen LogP contribution in [-0.2, 0) is 0 Å². The maximum Gasteiger partial charge on any atom is 0.0812 e. The molecule has 0 radical (unpaired) electrons. The normalized spacial score (nSPS) is 13.4. The molecular formula is C11H13NS. The van der Waals surface area contributed by atoms with Gasteiger partial charge in [-0.15, -0.1) is 11.3 Å². The minimum absolute atomic E-state index is 0.643. The van der Waals surface area contributed by atoms with Crippen molar-refractivity contribution >= 4 is 21.6 Å². The molecule has 68 valence electrons. The lowest BCUT2D eigenvalue weighted by atomic mass is 9.99. The molecule has 0 aliphatic carbocycles. The zero-order valence-electron chi connectivity index (χ0n) is 7.95. The molecule has 0 saturated carbocycles. The van der Waals surface area contributed by atoms with Crippen LogP contribution < -0.4 is 0 Å². The van der Waals surface area contributed by atoms with Crippen LogP contribution in [0.1, 0.15) is 31.7 Å². The second kappa shape index (κ2) is 3.46. The van der Waals surface area contributed by atoms with Crippen molar-refractivity contribution < 1.29 is 0 Å². The molecule has 0 saturated heterocycles. The van der Waals surface area contributed by atoms with E-state index in [1.54, 1.807) is 11.3 Å². The van der Waals surface area contributed by atoms with E-state index in [1.807, 2.05) is 6.20 Å². The number of nitrogens with zero attached hydrogens (tertiary/aromatic N) is 1. The van der Waals surface area contributed by atoms with Crippen LogP contribution in [0.25, 0.3) is 10.2 Å². The summed E-state index contributed by atoms with van der Waals surface area (Å²) >= 11 is 1.80. The molecule has 0 aromatic carbocycles. The highest BCUT2D eigenvalue weighted by atomic mass is 32.1. The van der Waals surface area contributed by atoms with Gasteiger partial charge in [0.25, 0.3) is 0 Å². The predicted molar refractivity (Wildman–Crippen MR) is 58.3 cm³/mol. The van der Waals surface area contributed by atoms with Crippen molar-refractivity contribution in [3.8, 4) is 0 Å². The first-order valence-electron chi connectivity index (χ1n) is 4.65. The van der Waals surface area contributed by atoms with Gasteiger partial charge in [0.15, 0.2) is 0 Å². The van der Waals surface area contributed by atoms with Crippen molar-refractivity contribution in [2.45, 2.75) is 26.2 Å². The Labute approximate surface area is 82.4 Å². The van der Waals surface area contributed by atoms with E-state index in [1.165, 1.54) is 16.7 Å². The Hall–Kier alpha value is -0.890. The SMILES string of the molecule is CCC(C)c1ccnc2ccsc12. The molecule has 13 heavy (non-hydrogen) atoms. The molecule has 0 N–H and O–H groups in total. The lowest BCUT2D eigenvalue weighted by Crippen LogP contribution is -1.91. The average Bonchev–Trinajstić information content (AvgIpc) is 2.63. The fourth-order valence-electron chi connectivity index (χ4n) is 1.50. The van der Waals surface area contributed by atoms with E-state index in [2.05, 4.69) is 36.3 Å². The maximum atomic E-state index is 4.33. The van der Waals surface area contributed by atoms with Gasteiger partial charge in [0.05, 0.1) is 10.2 Å². The summed E-state index contributed by atoms with van der Waals surface area (Å²) in [5, 5.41) is 2.11. The smallest absolute Gasteiger partial charge is 0.0812 e. The van der Waals surface area contributed by atoms with E-state index >= 15 is 0 Å². The summed E-state index contributed by atoms with van der Waals surface area (Å²) in [6.45, 7) is 4.50. The second-order valence-electron chi connectivity index (χ2n) is 3.34. The van der Waals surface area contributed by atoms with Crippen LogP contribution in [0.3, 0.4) is 0 Å². The number of aromatic nitrogens is 1. The van der Waals surface area contributed by atoms with Gasteiger partial charge in [0.2, 0.25) is 0 Å². The van der Waals surface area contributed by atoms with E-state index in [9.17, 15) is 0 Å². The Kier molecular flexibility index (Phi) is 2.32. The molecule has 2 heteroatoms. The van der Waals surface area contributed by atoms with Crippen molar-refractivity contribution in [3.05, 3.63) is 29.3 Å². The summed E-state index contributed by atoms with van der Waals surface area (Å²) in [5.74, 6) is 0.643. The lowest BCUT2D eigenvalue weighted by molar-refractivity contribution is 0.740. The third-order valence-electron chi connectivity index (χ3n) is 2.52. The Morgan fingerprint density at radius 2 is 2.31 bits per heavy atom. The number of hydrogen-bond acceptors (Lipinski definition) is 2. The number of pyridine rings is 1. The monoisotopic (exact) mass is 191 g/mol. The van der Waals surface area contributed by atoms with Crippen molar-refractivity contribution in [2.75, 3.05) is 0 Å². The van der Waals surface area contributed by atoms with Gasteiger partial charge >= 0.3 is 0 Å². The van der Waals surface area contributed by atoms with Gasteiger partial charge in [0.1, 0.15) is 0 Å². The third-order valence-corrected chi connectivity index (χ3v) is 3.47. The summed E-state index contributed by atoms with van der Waals surface area (Å²) in [6, 6.07) is 4.24. The summed E-state index contributed by atoms with van der Waals surface area (Å²) in [4.78, 5) is 4.33. The van der Waals surface area contributed by atoms with Crippen LogP contribution in [-0.4, -0.2) is 4.98 Å². The lowest BCUT2D eigenvalue weighted by Gasteiger charge is -2.08. The molecule has 0 fully saturated rings. The second-order valence-corrected chi connectivity index (χ2v) is 4.26. The van der Waals surface area contributed by atoms with E-state index in [0.29, 0.717) is 5.92 Å².